The molecule has 5 nitrogen and oxygen atoms in total. The molecule has 3 rings (SSSR count). The largest absolute Gasteiger partial charge is 0.419 e. The number of nitrogens with two attached hydrogens (primary N) is 1. The van der Waals surface area contributed by atoms with Crippen molar-refractivity contribution in [1.29, 1.82) is 0 Å². The Morgan fingerprint density at radius 3 is 2.76 bits per heavy atom. The molecule has 0 bridgehead atoms. The van der Waals surface area contributed by atoms with Crippen LogP contribution in [0.25, 0.3) is 11.5 Å². The molecule has 1 aliphatic heterocycles. The van der Waals surface area contributed by atoms with Crippen molar-refractivity contribution in [2.24, 2.45) is 11.7 Å². The quantitative estimate of drug-likeness (QED) is 0.944. The first kappa shape index (κ1) is 14.5. The highest BCUT2D eigenvalue weighted by Crippen LogP contribution is 2.22. The zero-order valence-electron chi connectivity index (χ0n) is 12.0. The van der Waals surface area contributed by atoms with Crippen LogP contribution < -0.4 is 5.73 Å². The summed E-state index contributed by atoms with van der Waals surface area (Å²) in [6, 6.07) is 7.60. The molecule has 0 saturated carbocycles. The highest BCUT2D eigenvalue weighted by molar-refractivity contribution is 6.30. The van der Waals surface area contributed by atoms with Gasteiger partial charge in [0.15, 0.2) is 0 Å². The molecule has 0 radical (unpaired) electrons. The minimum atomic E-state index is 0.229. The van der Waals surface area contributed by atoms with Crippen molar-refractivity contribution in [2.45, 2.75) is 25.9 Å². The number of nitrogens with zero attached hydrogens (tertiary/aromatic N) is 3. The maximum absolute atomic E-state index is 6.06. The minimum Gasteiger partial charge on any atom is -0.419 e. The van der Waals surface area contributed by atoms with Gasteiger partial charge in [-0.3, -0.25) is 4.90 Å². The van der Waals surface area contributed by atoms with E-state index in [1.165, 1.54) is 0 Å². The molecule has 6 heteroatoms. The molecule has 0 aliphatic carbocycles. The van der Waals surface area contributed by atoms with E-state index >= 15 is 0 Å². The Morgan fingerprint density at radius 2 is 2.05 bits per heavy atom. The smallest absolute Gasteiger partial charge is 0.247 e. The molecule has 0 spiro atoms. The second-order valence-corrected chi connectivity index (χ2v) is 6.24. The van der Waals surface area contributed by atoms with Gasteiger partial charge in [0.1, 0.15) is 0 Å². The van der Waals surface area contributed by atoms with Crippen LogP contribution >= 0.6 is 11.6 Å². The normalized spacial score (nSPS) is 23.4. The average molecular weight is 307 g/mol. The van der Waals surface area contributed by atoms with Gasteiger partial charge in [-0.25, -0.2) is 0 Å². The van der Waals surface area contributed by atoms with Gasteiger partial charge in [-0.2, -0.15) is 0 Å². The van der Waals surface area contributed by atoms with Crippen molar-refractivity contribution in [3.63, 3.8) is 0 Å². The summed E-state index contributed by atoms with van der Waals surface area (Å²) in [5.41, 5.74) is 6.94. The maximum Gasteiger partial charge on any atom is 0.247 e. The lowest BCUT2D eigenvalue weighted by molar-refractivity contribution is 0.146. The van der Waals surface area contributed by atoms with E-state index in [-0.39, 0.29) is 6.04 Å². The fourth-order valence-corrected chi connectivity index (χ4v) is 2.99. The molecule has 21 heavy (non-hydrogen) atoms. The first-order valence-corrected chi connectivity index (χ1v) is 7.54. The van der Waals surface area contributed by atoms with Crippen LogP contribution in [0.4, 0.5) is 0 Å². The van der Waals surface area contributed by atoms with Crippen molar-refractivity contribution in [2.75, 3.05) is 13.1 Å². The van der Waals surface area contributed by atoms with E-state index in [1.807, 2.05) is 24.3 Å². The molecule has 1 saturated heterocycles. The van der Waals surface area contributed by atoms with E-state index in [4.69, 9.17) is 21.8 Å². The van der Waals surface area contributed by atoms with Gasteiger partial charge in [0.25, 0.3) is 0 Å². The fraction of sp³-hybridized carbons (Fsp3) is 0.467. The summed E-state index contributed by atoms with van der Waals surface area (Å²) >= 11 is 5.88. The Morgan fingerprint density at radius 1 is 1.29 bits per heavy atom. The standard InChI is InChI=1S/C15H19ClN4O/c1-10-6-13(17)8-20(7-10)9-14-18-19-15(21-14)11-2-4-12(16)5-3-11/h2-5,10,13H,6-9,17H2,1H3. The molecule has 1 aliphatic rings. The summed E-state index contributed by atoms with van der Waals surface area (Å²) in [6.45, 7) is 4.77. The molecule has 1 fully saturated rings. The molecule has 2 heterocycles. The Kier molecular flexibility index (Phi) is 4.24. The highest BCUT2D eigenvalue weighted by atomic mass is 35.5. The third-order valence-electron chi connectivity index (χ3n) is 3.68. The first-order chi connectivity index (χ1) is 10.1. The summed E-state index contributed by atoms with van der Waals surface area (Å²) in [6.07, 6.45) is 1.08. The van der Waals surface area contributed by atoms with Crippen molar-refractivity contribution in [1.82, 2.24) is 15.1 Å². The van der Waals surface area contributed by atoms with Gasteiger partial charge in [0.05, 0.1) is 6.54 Å². The van der Waals surface area contributed by atoms with E-state index < -0.39 is 0 Å². The number of piperidine rings is 1. The van der Waals surface area contributed by atoms with E-state index in [1.54, 1.807) is 0 Å². The number of hydrogen-bond acceptors (Lipinski definition) is 5. The predicted octanol–water partition coefficient (Wildman–Crippen LogP) is 2.56. The summed E-state index contributed by atoms with van der Waals surface area (Å²) < 4.78 is 5.74. The number of aromatic nitrogens is 2. The van der Waals surface area contributed by atoms with Crippen LogP contribution in [0, 0.1) is 5.92 Å². The Bertz CT molecular complexity index is 588. The van der Waals surface area contributed by atoms with Gasteiger partial charge in [-0.05, 0) is 36.6 Å². The molecule has 1 aromatic heterocycles. The van der Waals surface area contributed by atoms with Crippen LogP contribution in [0.5, 0.6) is 0 Å². The van der Waals surface area contributed by atoms with Gasteiger partial charge in [0, 0.05) is 29.7 Å². The van der Waals surface area contributed by atoms with Crippen LogP contribution in [-0.4, -0.2) is 34.2 Å². The summed E-state index contributed by atoms with van der Waals surface area (Å²) in [7, 11) is 0. The SMILES string of the molecule is CC1CC(N)CN(Cc2nnc(-c3ccc(Cl)cc3)o2)C1. The highest BCUT2D eigenvalue weighted by Gasteiger charge is 2.23. The van der Waals surface area contributed by atoms with Crippen molar-refractivity contribution in [3.05, 3.63) is 35.2 Å². The summed E-state index contributed by atoms with van der Waals surface area (Å²) in [5.74, 6) is 1.75. The van der Waals surface area contributed by atoms with E-state index in [0.29, 0.717) is 29.3 Å². The third kappa shape index (κ3) is 3.61. The molecule has 0 amide bonds. The molecule has 2 aromatic rings. The van der Waals surface area contributed by atoms with Gasteiger partial charge in [-0.1, -0.05) is 18.5 Å². The molecule has 2 unspecified atom stereocenters. The lowest BCUT2D eigenvalue weighted by atomic mass is 9.97. The molecule has 112 valence electrons. The number of benzene rings is 1. The van der Waals surface area contributed by atoms with Crippen LogP contribution in [0.3, 0.4) is 0 Å². The van der Waals surface area contributed by atoms with Gasteiger partial charge < -0.3 is 10.2 Å². The minimum absolute atomic E-state index is 0.229. The number of rotatable bonds is 3. The monoisotopic (exact) mass is 306 g/mol. The molecule has 1 aromatic carbocycles. The van der Waals surface area contributed by atoms with E-state index in [2.05, 4.69) is 22.0 Å². The van der Waals surface area contributed by atoms with Gasteiger partial charge >= 0.3 is 0 Å². The first-order valence-electron chi connectivity index (χ1n) is 7.16. The summed E-state index contributed by atoms with van der Waals surface area (Å²) in [5, 5.41) is 8.92. The zero-order valence-corrected chi connectivity index (χ0v) is 12.8. The topological polar surface area (TPSA) is 68.2 Å². The molecule has 2 atom stereocenters. The fourth-order valence-electron chi connectivity index (χ4n) is 2.86. The second-order valence-electron chi connectivity index (χ2n) is 5.80. The second kappa shape index (κ2) is 6.13. The Balaban J connectivity index is 1.69. The molecular formula is C15H19ClN4O. The van der Waals surface area contributed by atoms with Crippen molar-refractivity contribution >= 4 is 11.6 Å². The number of likely N-dealkylation sites (tertiary alicyclic amines) is 1. The maximum atomic E-state index is 6.06. The average Bonchev–Trinajstić information content (AvgIpc) is 2.87. The predicted molar refractivity (Wildman–Crippen MR) is 81.8 cm³/mol. The third-order valence-corrected chi connectivity index (χ3v) is 3.94. The van der Waals surface area contributed by atoms with Crippen LogP contribution in [0.2, 0.25) is 5.02 Å². The number of halogens is 1. The van der Waals surface area contributed by atoms with Crippen molar-refractivity contribution < 1.29 is 4.42 Å². The Hall–Kier alpha value is -1.43. The van der Waals surface area contributed by atoms with Crippen LogP contribution in [0.1, 0.15) is 19.2 Å². The Labute approximate surface area is 129 Å². The molecular weight excluding hydrogens is 288 g/mol. The van der Waals surface area contributed by atoms with Crippen LogP contribution in [0.15, 0.2) is 28.7 Å². The van der Waals surface area contributed by atoms with E-state index in [0.717, 1.165) is 25.1 Å². The van der Waals surface area contributed by atoms with E-state index in [9.17, 15) is 0 Å². The van der Waals surface area contributed by atoms with Crippen LogP contribution in [-0.2, 0) is 6.54 Å². The summed E-state index contributed by atoms with van der Waals surface area (Å²) in [4.78, 5) is 2.28. The molecule has 2 N–H and O–H groups in total. The number of hydrogen-bond donors (Lipinski definition) is 1. The van der Waals surface area contributed by atoms with Crippen molar-refractivity contribution in [3.8, 4) is 11.5 Å². The van der Waals surface area contributed by atoms with Gasteiger partial charge in [-0.15, -0.1) is 10.2 Å². The lowest BCUT2D eigenvalue weighted by Gasteiger charge is -2.33. The zero-order chi connectivity index (χ0) is 14.8. The lowest BCUT2D eigenvalue weighted by Crippen LogP contribution is -2.45. The van der Waals surface area contributed by atoms with Gasteiger partial charge in [0.2, 0.25) is 11.8 Å².